The van der Waals surface area contributed by atoms with E-state index in [2.05, 4.69) is 31.2 Å². The Morgan fingerprint density at radius 1 is 1.13 bits per heavy atom. The van der Waals surface area contributed by atoms with Crippen molar-refractivity contribution in [3.05, 3.63) is 35.4 Å². The molecule has 15 heavy (non-hydrogen) atoms. The third-order valence-corrected chi connectivity index (χ3v) is 5.89. The van der Waals surface area contributed by atoms with E-state index >= 15 is 0 Å². The Hall–Kier alpha value is -0.863. The van der Waals surface area contributed by atoms with E-state index in [1.165, 1.54) is 35.6 Å². The van der Waals surface area contributed by atoms with Gasteiger partial charge in [-0.1, -0.05) is 30.7 Å². The minimum absolute atomic E-state index is 0.671. The molecule has 1 fully saturated rings. The van der Waals surface area contributed by atoms with Gasteiger partial charge in [-0.15, -0.1) is 0 Å². The molecule has 0 amide bonds. The minimum atomic E-state index is -0.671. The fraction of sp³-hybridized carbons (Fsp3) is 0.385. The van der Waals surface area contributed by atoms with Gasteiger partial charge in [0, 0.05) is 6.61 Å². The minimum Gasteiger partial charge on any atom is -0.412 e. The number of hydrogen-bond donors (Lipinski definition) is 0. The Balaban J connectivity index is 1.92. The summed E-state index contributed by atoms with van der Waals surface area (Å²) in [5.41, 5.74) is 4.39. The maximum Gasteiger partial charge on any atom is 0.247 e. The zero-order valence-electron chi connectivity index (χ0n) is 9.05. The predicted molar refractivity (Wildman–Crippen MR) is 64.7 cm³/mol. The van der Waals surface area contributed by atoms with Gasteiger partial charge in [0.2, 0.25) is 9.04 Å². The molecule has 1 aromatic rings. The summed E-state index contributed by atoms with van der Waals surface area (Å²) in [5.74, 6) is 0. The van der Waals surface area contributed by atoms with E-state index in [1.54, 1.807) is 5.20 Å². The zero-order valence-corrected chi connectivity index (χ0v) is 10.0. The van der Waals surface area contributed by atoms with Crippen LogP contribution in [0.3, 0.4) is 0 Å². The quantitative estimate of drug-likeness (QED) is 0.653. The van der Waals surface area contributed by atoms with Gasteiger partial charge < -0.3 is 4.43 Å². The lowest BCUT2D eigenvalue weighted by molar-refractivity contribution is 0.295. The van der Waals surface area contributed by atoms with Gasteiger partial charge in [-0.25, -0.2) is 0 Å². The molecule has 1 nitrogen and oxygen atoms in total. The Morgan fingerprint density at radius 2 is 1.93 bits per heavy atom. The standard InChI is InChI=1S/C13H15OSi/c1-10-11-6-2-3-7-12(11)13(10)15-9-5-4-8-14-15/h2-3,6-7H,4-5,8-9H2,1H3. The Morgan fingerprint density at radius 3 is 2.67 bits per heavy atom. The average Bonchev–Trinajstić information content (AvgIpc) is 2.30. The van der Waals surface area contributed by atoms with Crippen molar-refractivity contribution in [2.45, 2.75) is 25.8 Å². The Kier molecular flexibility index (Phi) is 2.26. The second-order valence-corrected chi connectivity index (χ2v) is 6.41. The summed E-state index contributed by atoms with van der Waals surface area (Å²) in [6.45, 7) is 3.22. The highest BCUT2D eigenvalue weighted by Gasteiger charge is 2.32. The third kappa shape index (κ3) is 1.40. The Bertz CT molecular complexity index is 416. The summed E-state index contributed by atoms with van der Waals surface area (Å²) in [4.78, 5) is 0. The van der Waals surface area contributed by atoms with E-state index in [0.717, 1.165) is 6.61 Å². The first-order chi connectivity index (χ1) is 7.38. The van der Waals surface area contributed by atoms with Crippen molar-refractivity contribution in [3.8, 4) is 0 Å². The van der Waals surface area contributed by atoms with Gasteiger partial charge in [0.15, 0.2) is 0 Å². The largest absolute Gasteiger partial charge is 0.412 e. The molecule has 1 aliphatic heterocycles. The van der Waals surface area contributed by atoms with Gasteiger partial charge >= 0.3 is 0 Å². The monoisotopic (exact) mass is 215 g/mol. The van der Waals surface area contributed by atoms with Crippen LogP contribution in [-0.2, 0) is 4.43 Å². The SMILES string of the molecule is CC1=C([Si]2CCCCO2)c2ccccc21. The lowest BCUT2D eigenvalue weighted by atomic mass is 9.89. The van der Waals surface area contributed by atoms with Gasteiger partial charge in [0.25, 0.3) is 0 Å². The van der Waals surface area contributed by atoms with Crippen LogP contribution < -0.4 is 0 Å². The maximum absolute atomic E-state index is 5.95. The highest BCUT2D eigenvalue weighted by Crippen LogP contribution is 2.43. The van der Waals surface area contributed by atoms with Crippen LogP contribution in [-0.4, -0.2) is 15.6 Å². The number of allylic oxidation sites excluding steroid dienone is 1. The van der Waals surface area contributed by atoms with Crippen molar-refractivity contribution in [1.82, 2.24) is 0 Å². The van der Waals surface area contributed by atoms with Crippen LogP contribution in [0.1, 0.15) is 30.9 Å². The molecular formula is C13H15OSi. The van der Waals surface area contributed by atoms with Crippen LogP contribution in [0.2, 0.25) is 6.04 Å². The lowest BCUT2D eigenvalue weighted by Crippen LogP contribution is -2.29. The molecule has 1 saturated heterocycles. The normalized spacial score (nSPS) is 21.1. The van der Waals surface area contributed by atoms with Gasteiger partial charge in [0.05, 0.1) is 0 Å². The van der Waals surface area contributed by atoms with E-state index in [1.807, 2.05) is 0 Å². The second-order valence-electron chi connectivity index (χ2n) is 4.27. The van der Waals surface area contributed by atoms with Gasteiger partial charge in [-0.3, -0.25) is 0 Å². The lowest BCUT2D eigenvalue weighted by Gasteiger charge is -2.32. The molecule has 77 valence electrons. The molecule has 0 atom stereocenters. The van der Waals surface area contributed by atoms with Crippen molar-refractivity contribution in [2.24, 2.45) is 0 Å². The number of fused-ring (bicyclic) bond motifs is 1. The van der Waals surface area contributed by atoms with Gasteiger partial charge in [-0.05, 0) is 41.3 Å². The summed E-state index contributed by atoms with van der Waals surface area (Å²) < 4.78 is 5.95. The molecule has 1 aliphatic carbocycles. The van der Waals surface area contributed by atoms with Crippen molar-refractivity contribution in [1.29, 1.82) is 0 Å². The number of rotatable bonds is 1. The smallest absolute Gasteiger partial charge is 0.247 e. The molecule has 2 heteroatoms. The number of benzene rings is 1. The molecule has 0 saturated carbocycles. The van der Waals surface area contributed by atoms with Crippen LogP contribution in [0.4, 0.5) is 0 Å². The van der Waals surface area contributed by atoms with Crippen LogP contribution >= 0.6 is 0 Å². The molecule has 0 aromatic heterocycles. The molecule has 0 bridgehead atoms. The molecular weight excluding hydrogens is 200 g/mol. The summed E-state index contributed by atoms with van der Waals surface area (Å²) in [5, 5.41) is 1.57. The molecule has 1 heterocycles. The molecule has 1 radical (unpaired) electrons. The summed E-state index contributed by atoms with van der Waals surface area (Å²) in [6, 6.07) is 10.0. The summed E-state index contributed by atoms with van der Waals surface area (Å²) in [6.07, 6.45) is 2.61. The maximum atomic E-state index is 5.95. The van der Waals surface area contributed by atoms with E-state index in [-0.39, 0.29) is 0 Å². The van der Waals surface area contributed by atoms with E-state index < -0.39 is 9.04 Å². The third-order valence-electron chi connectivity index (χ3n) is 3.33. The Labute approximate surface area is 92.5 Å². The zero-order chi connectivity index (χ0) is 10.3. The molecule has 0 N–H and O–H groups in total. The molecule has 1 aromatic carbocycles. The van der Waals surface area contributed by atoms with Crippen molar-refractivity contribution in [2.75, 3.05) is 6.61 Å². The summed E-state index contributed by atoms with van der Waals surface area (Å²) >= 11 is 0. The fourth-order valence-corrected chi connectivity index (χ4v) is 5.09. The highest BCUT2D eigenvalue weighted by atomic mass is 28.3. The first kappa shape index (κ1) is 9.37. The van der Waals surface area contributed by atoms with E-state index in [9.17, 15) is 0 Å². The fourth-order valence-electron chi connectivity index (χ4n) is 2.51. The van der Waals surface area contributed by atoms with E-state index in [4.69, 9.17) is 4.43 Å². The predicted octanol–water partition coefficient (Wildman–Crippen LogP) is 3.27. The van der Waals surface area contributed by atoms with Crippen LogP contribution in [0.5, 0.6) is 0 Å². The molecule has 2 aliphatic rings. The van der Waals surface area contributed by atoms with Crippen LogP contribution in [0.15, 0.2) is 24.3 Å². The van der Waals surface area contributed by atoms with Crippen molar-refractivity contribution in [3.63, 3.8) is 0 Å². The average molecular weight is 215 g/mol. The van der Waals surface area contributed by atoms with Crippen LogP contribution in [0.25, 0.3) is 10.8 Å². The van der Waals surface area contributed by atoms with Gasteiger partial charge in [0.1, 0.15) is 0 Å². The highest BCUT2D eigenvalue weighted by molar-refractivity contribution is 6.77. The molecule has 0 unspecified atom stereocenters. The summed E-state index contributed by atoms with van der Waals surface area (Å²) in [7, 11) is -0.671. The van der Waals surface area contributed by atoms with E-state index in [0.29, 0.717) is 0 Å². The molecule has 3 rings (SSSR count). The first-order valence-electron chi connectivity index (χ1n) is 5.67. The first-order valence-corrected chi connectivity index (χ1v) is 7.29. The number of hydrogen-bond acceptors (Lipinski definition) is 1. The second kappa shape index (κ2) is 3.61. The van der Waals surface area contributed by atoms with Crippen LogP contribution in [0, 0.1) is 0 Å². The van der Waals surface area contributed by atoms with Crippen molar-refractivity contribution < 1.29 is 4.43 Å². The van der Waals surface area contributed by atoms with Crippen molar-refractivity contribution >= 4 is 19.8 Å². The van der Waals surface area contributed by atoms with Gasteiger partial charge in [-0.2, -0.15) is 0 Å². The topological polar surface area (TPSA) is 9.23 Å². The molecule has 0 spiro atoms.